The molecular formula is C11H17N5O. The molecule has 6 heteroatoms. The molecule has 2 aromatic heterocycles. The van der Waals surface area contributed by atoms with Gasteiger partial charge in [0.05, 0.1) is 6.33 Å². The lowest BCUT2D eigenvalue weighted by Gasteiger charge is -2.03. The molecule has 2 heterocycles. The SMILES string of the molecule is CCCCCCn1cnc2c(=O)[nH]c(N)nc21. The number of rotatable bonds is 5. The minimum atomic E-state index is -0.278. The summed E-state index contributed by atoms with van der Waals surface area (Å²) in [5.74, 6) is 0.137. The lowest BCUT2D eigenvalue weighted by molar-refractivity contribution is 0.589. The van der Waals surface area contributed by atoms with Crippen LogP contribution in [0, 0.1) is 0 Å². The number of nitrogen functional groups attached to an aromatic ring is 1. The standard InChI is InChI=1S/C11H17N5O/c1-2-3-4-5-6-16-7-13-8-9(16)14-11(12)15-10(8)17/h7H,2-6H2,1H3,(H3,12,14,15,17). The molecule has 0 spiro atoms. The van der Waals surface area contributed by atoms with E-state index in [1.165, 1.54) is 19.3 Å². The van der Waals surface area contributed by atoms with Gasteiger partial charge in [0.25, 0.3) is 5.56 Å². The molecule has 0 saturated heterocycles. The molecule has 0 bridgehead atoms. The number of unbranched alkanes of at least 4 members (excludes halogenated alkanes) is 3. The molecule has 2 aromatic rings. The second-order valence-electron chi connectivity index (χ2n) is 4.12. The van der Waals surface area contributed by atoms with E-state index < -0.39 is 0 Å². The Morgan fingerprint density at radius 1 is 1.41 bits per heavy atom. The number of imidazole rings is 1. The van der Waals surface area contributed by atoms with Crippen molar-refractivity contribution >= 4 is 17.1 Å². The number of aryl methyl sites for hydroxylation is 1. The van der Waals surface area contributed by atoms with E-state index in [-0.39, 0.29) is 11.5 Å². The first-order valence-electron chi connectivity index (χ1n) is 5.93. The van der Waals surface area contributed by atoms with E-state index in [2.05, 4.69) is 21.9 Å². The van der Waals surface area contributed by atoms with Gasteiger partial charge in [-0.1, -0.05) is 26.2 Å². The van der Waals surface area contributed by atoms with E-state index in [1.54, 1.807) is 6.33 Å². The van der Waals surface area contributed by atoms with Crippen LogP contribution in [0.25, 0.3) is 11.2 Å². The molecule has 0 atom stereocenters. The van der Waals surface area contributed by atoms with Crippen molar-refractivity contribution in [1.29, 1.82) is 0 Å². The predicted octanol–water partition coefficient (Wildman–Crippen LogP) is 1.28. The van der Waals surface area contributed by atoms with E-state index in [1.807, 2.05) is 4.57 Å². The minimum absolute atomic E-state index is 0.137. The molecule has 0 fully saturated rings. The first kappa shape index (κ1) is 11.6. The molecule has 6 nitrogen and oxygen atoms in total. The van der Waals surface area contributed by atoms with Crippen molar-refractivity contribution in [2.24, 2.45) is 0 Å². The normalized spacial score (nSPS) is 11.1. The van der Waals surface area contributed by atoms with E-state index >= 15 is 0 Å². The number of nitrogens with two attached hydrogens (primary N) is 1. The van der Waals surface area contributed by atoms with Crippen molar-refractivity contribution < 1.29 is 0 Å². The van der Waals surface area contributed by atoms with E-state index in [4.69, 9.17) is 5.73 Å². The van der Waals surface area contributed by atoms with Gasteiger partial charge in [-0.05, 0) is 6.42 Å². The van der Waals surface area contributed by atoms with Crippen molar-refractivity contribution in [2.75, 3.05) is 5.73 Å². The zero-order chi connectivity index (χ0) is 12.3. The third-order valence-corrected chi connectivity index (χ3v) is 2.75. The van der Waals surface area contributed by atoms with Crippen LogP contribution in [0.2, 0.25) is 0 Å². The second-order valence-corrected chi connectivity index (χ2v) is 4.12. The van der Waals surface area contributed by atoms with Gasteiger partial charge < -0.3 is 10.3 Å². The summed E-state index contributed by atoms with van der Waals surface area (Å²) in [4.78, 5) is 22.2. The van der Waals surface area contributed by atoms with E-state index in [0.29, 0.717) is 11.2 Å². The number of hydrogen-bond donors (Lipinski definition) is 2. The Balaban J connectivity index is 2.21. The summed E-state index contributed by atoms with van der Waals surface area (Å²) in [6.07, 6.45) is 6.32. The summed E-state index contributed by atoms with van der Waals surface area (Å²) < 4.78 is 1.89. The predicted molar refractivity (Wildman–Crippen MR) is 66.7 cm³/mol. The molecule has 0 radical (unpaired) electrons. The van der Waals surface area contributed by atoms with Gasteiger partial charge >= 0.3 is 0 Å². The molecule has 0 aromatic carbocycles. The van der Waals surface area contributed by atoms with Crippen molar-refractivity contribution in [2.45, 2.75) is 39.2 Å². The summed E-state index contributed by atoms with van der Waals surface area (Å²) in [6, 6.07) is 0. The first-order valence-corrected chi connectivity index (χ1v) is 5.93. The van der Waals surface area contributed by atoms with Gasteiger partial charge in [-0.25, -0.2) is 4.98 Å². The second kappa shape index (κ2) is 4.99. The third kappa shape index (κ3) is 2.46. The van der Waals surface area contributed by atoms with Crippen molar-refractivity contribution in [3.63, 3.8) is 0 Å². The summed E-state index contributed by atoms with van der Waals surface area (Å²) >= 11 is 0. The number of aromatic amines is 1. The Labute approximate surface area is 98.9 Å². The maximum atomic E-state index is 11.5. The Kier molecular flexibility index (Phi) is 3.41. The molecule has 92 valence electrons. The number of nitrogens with one attached hydrogen (secondary N) is 1. The summed E-state index contributed by atoms with van der Waals surface area (Å²) in [5.41, 5.74) is 6.17. The van der Waals surface area contributed by atoms with Crippen LogP contribution in [0.4, 0.5) is 5.95 Å². The molecule has 0 saturated carbocycles. The van der Waals surface area contributed by atoms with Crippen LogP contribution in [0.5, 0.6) is 0 Å². The number of nitrogens with zero attached hydrogens (tertiary/aromatic N) is 3. The smallest absolute Gasteiger partial charge is 0.280 e. The van der Waals surface area contributed by atoms with Gasteiger partial charge in [0.1, 0.15) is 0 Å². The number of aromatic nitrogens is 4. The highest BCUT2D eigenvalue weighted by Gasteiger charge is 2.08. The molecular weight excluding hydrogens is 218 g/mol. The summed E-state index contributed by atoms with van der Waals surface area (Å²) in [7, 11) is 0. The Bertz CT molecular complexity index is 556. The highest BCUT2D eigenvalue weighted by Crippen LogP contribution is 2.09. The molecule has 0 aliphatic heterocycles. The number of anilines is 1. The van der Waals surface area contributed by atoms with Crippen LogP contribution in [0.3, 0.4) is 0 Å². The summed E-state index contributed by atoms with van der Waals surface area (Å²) in [5, 5.41) is 0. The van der Waals surface area contributed by atoms with Gasteiger partial charge in [0, 0.05) is 6.54 Å². The number of fused-ring (bicyclic) bond motifs is 1. The Morgan fingerprint density at radius 3 is 3.00 bits per heavy atom. The fraction of sp³-hybridized carbons (Fsp3) is 0.545. The minimum Gasteiger partial charge on any atom is -0.369 e. The molecule has 17 heavy (non-hydrogen) atoms. The Morgan fingerprint density at radius 2 is 2.24 bits per heavy atom. The van der Waals surface area contributed by atoms with Crippen molar-refractivity contribution in [1.82, 2.24) is 19.5 Å². The van der Waals surface area contributed by atoms with Crippen LogP contribution in [-0.4, -0.2) is 19.5 Å². The fourth-order valence-electron chi connectivity index (χ4n) is 1.84. The van der Waals surface area contributed by atoms with Crippen LogP contribution in [0.15, 0.2) is 11.1 Å². The van der Waals surface area contributed by atoms with Crippen molar-refractivity contribution in [3.8, 4) is 0 Å². The molecule has 0 amide bonds. The summed E-state index contributed by atoms with van der Waals surface area (Å²) in [6.45, 7) is 3.00. The number of H-pyrrole nitrogens is 1. The highest BCUT2D eigenvalue weighted by molar-refractivity contribution is 5.70. The molecule has 0 aliphatic rings. The van der Waals surface area contributed by atoms with Gasteiger partial charge in [0.2, 0.25) is 5.95 Å². The van der Waals surface area contributed by atoms with E-state index in [0.717, 1.165) is 13.0 Å². The first-order chi connectivity index (χ1) is 8.22. The average molecular weight is 235 g/mol. The molecule has 3 N–H and O–H groups in total. The largest absolute Gasteiger partial charge is 0.369 e. The maximum Gasteiger partial charge on any atom is 0.280 e. The number of hydrogen-bond acceptors (Lipinski definition) is 4. The lowest BCUT2D eigenvalue weighted by Crippen LogP contribution is -2.12. The zero-order valence-corrected chi connectivity index (χ0v) is 9.94. The lowest BCUT2D eigenvalue weighted by atomic mass is 10.2. The van der Waals surface area contributed by atoms with E-state index in [9.17, 15) is 4.79 Å². The molecule has 0 aliphatic carbocycles. The van der Waals surface area contributed by atoms with Gasteiger partial charge in [-0.2, -0.15) is 4.98 Å². The zero-order valence-electron chi connectivity index (χ0n) is 9.94. The maximum absolute atomic E-state index is 11.5. The highest BCUT2D eigenvalue weighted by atomic mass is 16.1. The monoisotopic (exact) mass is 235 g/mol. The van der Waals surface area contributed by atoms with Crippen molar-refractivity contribution in [3.05, 3.63) is 16.7 Å². The Hall–Kier alpha value is -1.85. The molecule has 2 rings (SSSR count). The van der Waals surface area contributed by atoms with Crippen LogP contribution in [-0.2, 0) is 6.54 Å². The van der Waals surface area contributed by atoms with Crippen LogP contribution in [0.1, 0.15) is 32.6 Å². The topological polar surface area (TPSA) is 89.6 Å². The van der Waals surface area contributed by atoms with Gasteiger partial charge in [-0.15, -0.1) is 0 Å². The van der Waals surface area contributed by atoms with Crippen LogP contribution >= 0.6 is 0 Å². The third-order valence-electron chi connectivity index (χ3n) is 2.75. The molecule has 0 unspecified atom stereocenters. The quantitative estimate of drug-likeness (QED) is 0.764. The van der Waals surface area contributed by atoms with Gasteiger partial charge in [0.15, 0.2) is 11.2 Å². The fourth-order valence-corrected chi connectivity index (χ4v) is 1.84. The van der Waals surface area contributed by atoms with Crippen LogP contribution < -0.4 is 11.3 Å². The average Bonchev–Trinajstić information content (AvgIpc) is 2.68. The van der Waals surface area contributed by atoms with Gasteiger partial charge in [-0.3, -0.25) is 9.78 Å².